The second-order valence-electron chi connectivity index (χ2n) is 8.32. The molecule has 1 atom stereocenters. The number of methoxy groups -OCH3 is 1. The van der Waals surface area contributed by atoms with Gasteiger partial charge in [0.2, 0.25) is 10.0 Å². The third-order valence-corrected chi connectivity index (χ3v) is 7.96. The molecule has 1 amide bonds. The van der Waals surface area contributed by atoms with Gasteiger partial charge in [0.1, 0.15) is 5.75 Å². The van der Waals surface area contributed by atoms with Gasteiger partial charge in [0, 0.05) is 13.1 Å². The van der Waals surface area contributed by atoms with Gasteiger partial charge in [-0.3, -0.25) is 4.79 Å². The number of nitrogens with one attached hydrogen (secondary N) is 1. The molecule has 0 aromatic heterocycles. The molecule has 1 unspecified atom stereocenters. The fourth-order valence-corrected chi connectivity index (χ4v) is 5.62. The predicted molar refractivity (Wildman–Crippen MR) is 122 cm³/mol. The number of carbonyl (C=O) groups is 1. The molecule has 7 heteroatoms. The molecule has 0 bridgehead atoms. The molecule has 1 heterocycles. The van der Waals surface area contributed by atoms with Gasteiger partial charge in [-0.05, 0) is 81.0 Å². The fraction of sp³-hybridized carbons (Fsp3) is 0.458. The van der Waals surface area contributed by atoms with Gasteiger partial charge in [0.25, 0.3) is 5.91 Å². The van der Waals surface area contributed by atoms with E-state index >= 15 is 0 Å². The molecule has 3 rings (SSSR count). The lowest BCUT2D eigenvalue weighted by atomic mass is 9.96. The van der Waals surface area contributed by atoms with Crippen molar-refractivity contribution in [3.63, 3.8) is 0 Å². The Morgan fingerprint density at radius 3 is 2.29 bits per heavy atom. The van der Waals surface area contributed by atoms with Crippen molar-refractivity contribution >= 4 is 15.9 Å². The van der Waals surface area contributed by atoms with E-state index in [1.807, 2.05) is 20.8 Å². The van der Waals surface area contributed by atoms with Crippen LogP contribution in [0.5, 0.6) is 5.75 Å². The third-order valence-electron chi connectivity index (χ3n) is 6.06. The molecule has 2 aromatic rings. The number of hydrogen-bond acceptors (Lipinski definition) is 4. The number of amides is 1. The van der Waals surface area contributed by atoms with Crippen LogP contribution in [-0.2, 0) is 10.0 Å². The minimum absolute atomic E-state index is 0.121. The molecule has 1 aliphatic rings. The molecular formula is C24H32N2O4S. The Morgan fingerprint density at radius 2 is 1.65 bits per heavy atom. The molecule has 2 aromatic carbocycles. The molecule has 6 nitrogen and oxygen atoms in total. The van der Waals surface area contributed by atoms with E-state index in [1.165, 1.54) is 29.1 Å². The van der Waals surface area contributed by atoms with Gasteiger partial charge in [-0.15, -0.1) is 0 Å². The highest BCUT2D eigenvalue weighted by Gasteiger charge is 2.28. The van der Waals surface area contributed by atoms with E-state index in [0.717, 1.165) is 36.0 Å². The molecule has 0 saturated carbocycles. The van der Waals surface area contributed by atoms with Crippen LogP contribution < -0.4 is 10.1 Å². The van der Waals surface area contributed by atoms with E-state index in [9.17, 15) is 13.2 Å². The summed E-state index contributed by atoms with van der Waals surface area (Å²) >= 11 is 0. The number of rotatable bonds is 6. The van der Waals surface area contributed by atoms with Crippen LogP contribution in [0.15, 0.2) is 35.2 Å². The standard InChI is InChI=1S/C24H32N2O4S/c1-16-13-18(3)21(14-17(16)2)19(4)25-24(27)22-15-20(9-10-23(22)30-5)31(28,29)26-11-7-6-8-12-26/h9-10,13-15,19H,6-8,11-12H2,1-5H3,(H,25,27). The lowest BCUT2D eigenvalue weighted by Gasteiger charge is -2.26. The molecule has 0 radical (unpaired) electrons. The Hall–Kier alpha value is -2.38. The second kappa shape index (κ2) is 9.40. The van der Waals surface area contributed by atoms with Gasteiger partial charge in [-0.25, -0.2) is 8.42 Å². The highest BCUT2D eigenvalue weighted by Crippen LogP contribution is 2.28. The molecular weight excluding hydrogens is 412 g/mol. The van der Waals surface area contributed by atoms with Crippen molar-refractivity contribution in [2.24, 2.45) is 0 Å². The zero-order valence-electron chi connectivity index (χ0n) is 19.0. The zero-order chi connectivity index (χ0) is 22.8. The number of benzene rings is 2. The third kappa shape index (κ3) is 4.93. The first kappa shape index (κ1) is 23.3. The molecule has 1 N–H and O–H groups in total. The van der Waals surface area contributed by atoms with Crippen LogP contribution in [0.3, 0.4) is 0 Å². The van der Waals surface area contributed by atoms with Gasteiger partial charge in [0.05, 0.1) is 23.6 Å². The minimum Gasteiger partial charge on any atom is -0.496 e. The maximum atomic E-state index is 13.1. The van der Waals surface area contributed by atoms with Crippen LogP contribution in [0.4, 0.5) is 0 Å². The summed E-state index contributed by atoms with van der Waals surface area (Å²) in [7, 11) is -2.17. The second-order valence-corrected chi connectivity index (χ2v) is 10.3. The average molecular weight is 445 g/mol. The summed E-state index contributed by atoms with van der Waals surface area (Å²) in [5.41, 5.74) is 4.72. The number of carbonyl (C=O) groups excluding carboxylic acids is 1. The topological polar surface area (TPSA) is 75.7 Å². The van der Waals surface area contributed by atoms with E-state index < -0.39 is 10.0 Å². The zero-order valence-corrected chi connectivity index (χ0v) is 19.8. The Bertz CT molecular complexity index is 1070. The first-order valence-electron chi connectivity index (χ1n) is 10.7. The van der Waals surface area contributed by atoms with Crippen molar-refractivity contribution in [3.05, 3.63) is 58.1 Å². The first-order chi connectivity index (χ1) is 14.6. The normalized spacial score (nSPS) is 16.0. The Labute approximate surface area is 185 Å². The van der Waals surface area contributed by atoms with E-state index in [2.05, 4.69) is 24.4 Å². The van der Waals surface area contributed by atoms with Crippen molar-refractivity contribution in [3.8, 4) is 5.75 Å². The quantitative estimate of drug-likeness (QED) is 0.721. The van der Waals surface area contributed by atoms with E-state index in [0.29, 0.717) is 18.8 Å². The van der Waals surface area contributed by atoms with Crippen LogP contribution in [0, 0.1) is 20.8 Å². The lowest BCUT2D eigenvalue weighted by Crippen LogP contribution is -2.35. The van der Waals surface area contributed by atoms with Crippen molar-refractivity contribution in [2.75, 3.05) is 20.2 Å². The van der Waals surface area contributed by atoms with Gasteiger partial charge in [0.15, 0.2) is 0 Å². The smallest absolute Gasteiger partial charge is 0.255 e. The fourth-order valence-electron chi connectivity index (χ4n) is 4.08. The summed E-state index contributed by atoms with van der Waals surface area (Å²) in [5, 5.41) is 3.01. The summed E-state index contributed by atoms with van der Waals surface area (Å²) in [5.74, 6) is -0.0169. The molecule has 0 spiro atoms. The van der Waals surface area contributed by atoms with Gasteiger partial charge < -0.3 is 10.1 Å². The molecule has 1 fully saturated rings. The molecule has 31 heavy (non-hydrogen) atoms. The van der Waals surface area contributed by atoms with E-state index in [1.54, 1.807) is 6.07 Å². The maximum absolute atomic E-state index is 13.1. The monoisotopic (exact) mass is 444 g/mol. The number of ether oxygens (including phenoxy) is 1. The van der Waals surface area contributed by atoms with Gasteiger partial charge in [-0.1, -0.05) is 18.6 Å². The van der Waals surface area contributed by atoms with E-state index in [4.69, 9.17) is 4.74 Å². The summed E-state index contributed by atoms with van der Waals surface area (Å²) < 4.78 is 33.0. The molecule has 1 aliphatic heterocycles. The largest absolute Gasteiger partial charge is 0.496 e. The number of sulfonamides is 1. The highest BCUT2D eigenvalue weighted by molar-refractivity contribution is 7.89. The predicted octanol–water partition coefficient (Wildman–Crippen LogP) is 4.29. The van der Waals surface area contributed by atoms with E-state index in [-0.39, 0.29) is 22.4 Å². The van der Waals surface area contributed by atoms with Crippen molar-refractivity contribution in [2.45, 2.75) is 57.9 Å². The Kier molecular flexibility index (Phi) is 7.06. The average Bonchev–Trinajstić information content (AvgIpc) is 2.76. The van der Waals surface area contributed by atoms with Crippen LogP contribution in [-0.4, -0.2) is 38.8 Å². The number of piperidine rings is 1. The molecule has 0 aliphatic carbocycles. The van der Waals surface area contributed by atoms with Gasteiger partial charge in [-0.2, -0.15) is 4.31 Å². The molecule has 168 valence electrons. The van der Waals surface area contributed by atoms with Crippen molar-refractivity contribution in [1.82, 2.24) is 9.62 Å². The highest BCUT2D eigenvalue weighted by atomic mass is 32.2. The van der Waals surface area contributed by atoms with Crippen LogP contribution in [0.1, 0.15) is 64.8 Å². The van der Waals surface area contributed by atoms with Gasteiger partial charge >= 0.3 is 0 Å². The van der Waals surface area contributed by atoms with Crippen molar-refractivity contribution < 1.29 is 17.9 Å². The summed E-state index contributed by atoms with van der Waals surface area (Å²) in [4.78, 5) is 13.2. The number of hydrogen-bond donors (Lipinski definition) is 1. The summed E-state index contributed by atoms with van der Waals surface area (Å²) in [6.07, 6.45) is 2.75. The maximum Gasteiger partial charge on any atom is 0.255 e. The van der Waals surface area contributed by atoms with Crippen LogP contribution in [0.2, 0.25) is 0 Å². The van der Waals surface area contributed by atoms with Crippen LogP contribution >= 0.6 is 0 Å². The Morgan fingerprint density at radius 1 is 1.00 bits per heavy atom. The van der Waals surface area contributed by atoms with Crippen molar-refractivity contribution in [1.29, 1.82) is 0 Å². The molecule has 1 saturated heterocycles. The van der Waals surface area contributed by atoms with Crippen LogP contribution in [0.25, 0.3) is 0 Å². The Balaban J connectivity index is 1.90. The SMILES string of the molecule is COc1ccc(S(=O)(=O)N2CCCCC2)cc1C(=O)NC(C)c1cc(C)c(C)cc1C. The first-order valence-corrected chi connectivity index (χ1v) is 12.2. The number of nitrogens with zero attached hydrogens (tertiary/aromatic N) is 1. The number of aryl methyl sites for hydroxylation is 3. The summed E-state index contributed by atoms with van der Waals surface area (Å²) in [6.45, 7) is 9.09. The summed E-state index contributed by atoms with van der Waals surface area (Å²) in [6, 6.07) is 8.45. The minimum atomic E-state index is -3.64. The lowest BCUT2D eigenvalue weighted by molar-refractivity contribution is 0.0936.